The van der Waals surface area contributed by atoms with Gasteiger partial charge in [-0.1, -0.05) is 44.7 Å². The third kappa shape index (κ3) is 6.06. The Hall–Kier alpha value is -1.02. The summed E-state index contributed by atoms with van der Waals surface area (Å²) in [4.78, 5) is 0. The van der Waals surface area contributed by atoms with Crippen LogP contribution >= 0.6 is 0 Å². The fourth-order valence-electron chi connectivity index (χ4n) is 1.94. The molecule has 102 valence electrons. The molecule has 1 aromatic rings. The molecule has 0 amide bonds. The summed E-state index contributed by atoms with van der Waals surface area (Å²) in [5.41, 5.74) is 1.18. The molecule has 0 saturated heterocycles. The largest absolute Gasteiger partial charge is 0.497 e. The SMILES string of the molecule is CCCCCCC(C)OCc1cccc(OC)c1. The maximum atomic E-state index is 5.85. The minimum absolute atomic E-state index is 0.341. The van der Waals surface area contributed by atoms with Crippen molar-refractivity contribution in [3.05, 3.63) is 29.8 Å². The molecule has 0 aliphatic carbocycles. The maximum absolute atomic E-state index is 5.85. The van der Waals surface area contributed by atoms with Crippen molar-refractivity contribution in [1.29, 1.82) is 0 Å². The standard InChI is InChI=1S/C16H26O2/c1-4-5-6-7-9-14(2)18-13-15-10-8-11-16(12-15)17-3/h8,10-12,14H,4-7,9,13H2,1-3H3. The molecule has 0 aromatic heterocycles. The number of benzene rings is 1. The molecule has 0 saturated carbocycles. The molecule has 2 heteroatoms. The van der Waals surface area contributed by atoms with E-state index in [0.717, 1.165) is 12.2 Å². The van der Waals surface area contributed by atoms with E-state index in [9.17, 15) is 0 Å². The minimum atomic E-state index is 0.341. The zero-order chi connectivity index (χ0) is 13.2. The number of hydrogen-bond acceptors (Lipinski definition) is 2. The van der Waals surface area contributed by atoms with Crippen molar-refractivity contribution in [2.45, 2.75) is 58.7 Å². The summed E-state index contributed by atoms with van der Waals surface area (Å²) in [7, 11) is 1.69. The average Bonchev–Trinajstić information content (AvgIpc) is 2.41. The molecule has 0 aliphatic rings. The van der Waals surface area contributed by atoms with Crippen LogP contribution in [0.3, 0.4) is 0 Å². The molecular formula is C16H26O2. The van der Waals surface area contributed by atoms with E-state index in [2.05, 4.69) is 19.9 Å². The summed E-state index contributed by atoms with van der Waals surface area (Å²) in [6.07, 6.45) is 6.72. The van der Waals surface area contributed by atoms with Gasteiger partial charge in [0.25, 0.3) is 0 Å². The van der Waals surface area contributed by atoms with E-state index in [1.807, 2.05) is 18.2 Å². The highest BCUT2D eigenvalue weighted by Gasteiger charge is 2.03. The van der Waals surface area contributed by atoms with Gasteiger partial charge in [0.15, 0.2) is 0 Å². The van der Waals surface area contributed by atoms with E-state index in [4.69, 9.17) is 9.47 Å². The molecular weight excluding hydrogens is 224 g/mol. The van der Waals surface area contributed by atoms with Crippen molar-refractivity contribution < 1.29 is 9.47 Å². The number of methoxy groups -OCH3 is 1. The Morgan fingerprint density at radius 2 is 2.00 bits per heavy atom. The monoisotopic (exact) mass is 250 g/mol. The van der Waals surface area contributed by atoms with E-state index in [0.29, 0.717) is 12.7 Å². The molecule has 0 spiro atoms. The first-order chi connectivity index (χ1) is 8.76. The Bertz CT molecular complexity index is 323. The van der Waals surface area contributed by atoms with Crippen molar-refractivity contribution in [3.8, 4) is 5.75 Å². The lowest BCUT2D eigenvalue weighted by atomic mass is 10.1. The molecule has 0 fully saturated rings. The fraction of sp³-hybridized carbons (Fsp3) is 0.625. The molecule has 18 heavy (non-hydrogen) atoms. The van der Waals surface area contributed by atoms with Gasteiger partial charge < -0.3 is 9.47 Å². The Kier molecular flexibility index (Phi) is 7.51. The second-order valence-electron chi connectivity index (χ2n) is 4.82. The van der Waals surface area contributed by atoms with Crippen LogP contribution in [-0.4, -0.2) is 13.2 Å². The van der Waals surface area contributed by atoms with Crippen molar-refractivity contribution in [2.75, 3.05) is 7.11 Å². The number of hydrogen-bond donors (Lipinski definition) is 0. The fourth-order valence-corrected chi connectivity index (χ4v) is 1.94. The molecule has 0 N–H and O–H groups in total. The van der Waals surface area contributed by atoms with Crippen LogP contribution < -0.4 is 4.74 Å². The molecule has 1 unspecified atom stereocenters. The van der Waals surface area contributed by atoms with Gasteiger partial charge in [-0.25, -0.2) is 0 Å². The zero-order valence-electron chi connectivity index (χ0n) is 11.9. The smallest absolute Gasteiger partial charge is 0.119 e. The Labute approximate surface area is 111 Å². The molecule has 0 bridgehead atoms. The second-order valence-corrected chi connectivity index (χ2v) is 4.82. The van der Waals surface area contributed by atoms with Gasteiger partial charge in [0, 0.05) is 0 Å². The number of ether oxygens (including phenoxy) is 2. The highest BCUT2D eigenvalue weighted by molar-refractivity contribution is 5.27. The molecule has 1 atom stereocenters. The normalized spacial score (nSPS) is 12.4. The summed E-state index contributed by atoms with van der Waals surface area (Å²) in [5.74, 6) is 0.895. The van der Waals surface area contributed by atoms with Gasteiger partial charge in [-0.05, 0) is 31.0 Å². The van der Waals surface area contributed by atoms with E-state index in [1.54, 1.807) is 7.11 Å². The van der Waals surface area contributed by atoms with E-state index in [1.165, 1.54) is 31.2 Å². The Morgan fingerprint density at radius 1 is 1.17 bits per heavy atom. The summed E-state index contributed by atoms with van der Waals surface area (Å²) < 4.78 is 11.1. The van der Waals surface area contributed by atoms with Crippen LogP contribution in [-0.2, 0) is 11.3 Å². The van der Waals surface area contributed by atoms with Crippen LogP contribution in [0, 0.1) is 0 Å². The summed E-state index contributed by atoms with van der Waals surface area (Å²) in [6.45, 7) is 5.07. The first-order valence-corrected chi connectivity index (χ1v) is 7.00. The summed E-state index contributed by atoms with van der Waals surface area (Å²) in [5, 5.41) is 0. The van der Waals surface area contributed by atoms with E-state index in [-0.39, 0.29) is 0 Å². The molecule has 1 aromatic carbocycles. The van der Waals surface area contributed by atoms with E-state index >= 15 is 0 Å². The zero-order valence-corrected chi connectivity index (χ0v) is 11.9. The minimum Gasteiger partial charge on any atom is -0.497 e. The second kappa shape index (κ2) is 8.98. The maximum Gasteiger partial charge on any atom is 0.119 e. The lowest BCUT2D eigenvalue weighted by molar-refractivity contribution is 0.0458. The lowest BCUT2D eigenvalue weighted by Gasteiger charge is -2.13. The first-order valence-electron chi connectivity index (χ1n) is 7.00. The third-order valence-corrected chi connectivity index (χ3v) is 3.13. The predicted octanol–water partition coefficient (Wildman–Crippen LogP) is 4.57. The highest BCUT2D eigenvalue weighted by atomic mass is 16.5. The van der Waals surface area contributed by atoms with Gasteiger partial charge in [0.2, 0.25) is 0 Å². The molecule has 0 heterocycles. The van der Waals surface area contributed by atoms with Gasteiger partial charge in [0.05, 0.1) is 19.8 Å². The van der Waals surface area contributed by atoms with Gasteiger partial charge in [0.1, 0.15) is 5.75 Å². The average molecular weight is 250 g/mol. The first kappa shape index (κ1) is 15.0. The van der Waals surface area contributed by atoms with Crippen LogP contribution in [0.15, 0.2) is 24.3 Å². The van der Waals surface area contributed by atoms with Gasteiger partial charge in [-0.3, -0.25) is 0 Å². The Morgan fingerprint density at radius 3 is 2.72 bits per heavy atom. The van der Waals surface area contributed by atoms with E-state index < -0.39 is 0 Å². The van der Waals surface area contributed by atoms with Crippen LogP contribution in [0.4, 0.5) is 0 Å². The van der Waals surface area contributed by atoms with Crippen LogP contribution in [0.5, 0.6) is 5.75 Å². The molecule has 0 radical (unpaired) electrons. The lowest BCUT2D eigenvalue weighted by Crippen LogP contribution is -2.08. The van der Waals surface area contributed by atoms with Gasteiger partial charge >= 0.3 is 0 Å². The van der Waals surface area contributed by atoms with Crippen LogP contribution in [0.25, 0.3) is 0 Å². The van der Waals surface area contributed by atoms with Crippen molar-refractivity contribution >= 4 is 0 Å². The van der Waals surface area contributed by atoms with Crippen molar-refractivity contribution in [2.24, 2.45) is 0 Å². The van der Waals surface area contributed by atoms with Gasteiger partial charge in [-0.15, -0.1) is 0 Å². The molecule has 0 aliphatic heterocycles. The van der Waals surface area contributed by atoms with Crippen molar-refractivity contribution in [1.82, 2.24) is 0 Å². The third-order valence-electron chi connectivity index (χ3n) is 3.13. The van der Waals surface area contributed by atoms with Crippen molar-refractivity contribution in [3.63, 3.8) is 0 Å². The molecule has 2 nitrogen and oxygen atoms in total. The number of rotatable bonds is 9. The quantitative estimate of drug-likeness (QED) is 0.598. The summed E-state index contributed by atoms with van der Waals surface area (Å²) in [6, 6.07) is 8.07. The molecule has 1 rings (SSSR count). The number of unbranched alkanes of at least 4 members (excludes halogenated alkanes) is 3. The van der Waals surface area contributed by atoms with Crippen LogP contribution in [0.2, 0.25) is 0 Å². The highest BCUT2D eigenvalue weighted by Crippen LogP contribution is 2.15. The van der Waals surface area contributed by atoms with Gasteiger partial charge in [-0.2, -0.15) is 0 Å². The summed E-state index contributed by atoms with van der Waals surface area (Å²) >= 11 is 0. The Balaban J connectivity index is 2.22. The van der Waals surface area contributed by atoms with Crippen LogP contribution in [0.1, 0.15) is 51.5 Å². The topological polar surface area (TPSA) is 18.5 Å². The predicted molar refractivity (Wildman–Crippen MR) is 76.0 cm³/mol.